The minimum absolute atomic E-state index is 0.241. The quantitative estimate of drug-likeness (QED) is 0.192. The van der Waals surface area contributed by atoms with E-state index in [-0.39, 0.29) is 12.4 Å². The van der Waals surface area contributed by atoms with Crippen molar-refractivity contribution in [3.63, 3.8) is 0 Å². The van der Waals surface area contributed by atoms with Crippen molar-refractivity contribution < 1.29 is 19.1 Å². The Hall–Kier alpha value is -2.87. The number of rotatable bonds is 7. The van der Waals surface area contributed by atoms with Crippen molar-refractivity contribution in [2.75, 3.05) is 6.61 Å². The summed E-state index contributed by atoms with van der Waals surface area (Å²) in [6, 6.07) is 18.1. The maximum absolute atomic E-state index is 12.4. The SMILES string of the molecule is O=C(COc1cccc(Cl)c1)N/N=C\c1cc(Br)ccc1OC(=O)c1ccc(Cl)cc1. The van der Waals surface area contributed by atoms with Crippen LogP contribution in [0.15, 0.2) is 76.3 Å². The van der Waals surface area contributed by atoms with E-state index in [1.54, 1.807) is 66.7 Å². The number of nitrogens with one attached hydrogen (secondary N) is 1. The van der Waals surface area contributed by atoms with Gasteiger partial charge < -0.3 is 9.47 Å². The first-order valence-corrected chi connectivity index (χ1v) is 10.4. The van der Waals surface area contributed by atoms with Crippen LogP contribution in [0.5, 0.6) is 11.5 Å². The van der Waals surface area contributed by atoms with Crippen LogP contribution in [0.1, 0.15) is 15.9 Å². The normalized spacial score (nSPS) is 10.7. The second-order valence-corrected chi connectivity index (χ2v) is 7.91. The average Bonchev–Trinajstić information content (AvgIpc) is 2.74. The van der Waals surface area contributed by atoms with Gasteiger partial charge in [0, 0.05) is 20.1 Å². The molecule has 0 fully saturated rings. The molecule has 0 bridgehead atoms. The first-order valence-electron chi connectivity index (χ1n) is 8.88. The molecule has 9 heteroatoms. The molecule has 0 saturated heterocycles. The topological polar surface area (TPSA) is 77.0 Å². The van der Waals surface area contributed by atoms with Crippen molar-refractivity contribution in [3.05, 3.63) is 92.4 Å². The predicted octanol–water partition coefficient (Wildman–Crippen LogP) is 5.50. The van der Waals surface area contributed by atoms with Gasteiger partial charge >= 0.3 is 5.97 Å². The van der Waals surface area contributed by atoms with Crippen LogP contribution in [0.4, 0.5) is 0 Å². The van der Waals surface area contributed by atoms with Gasteiger partial charge in [-0.25, -0.2) is 10.2 Å². The fourth-order valence-electron chi connectivity index (χ4n) is 2.37. The first kappa shape index (κ1) is 22.8. The molecular weight excluding hydrogens is 507 g/mol. The van der Waals surface area contributed by atoms with E-state index in [1.807, 2.05) is 0 Å². The number of hydrogen-bond acceptors (Lipinski definition) is 5. The molecule has 0 spiro atoms. The molecule has 3 rings (SSSR count). The zero-order valence-corrected chi connectivity index (χ0v) is 18.9. The fraction of sp³-hybridized carbons (Fsp3) is 0.0455. The summed E-state index contributed by atoms with van der Waals surface area (Å²) >= 11 is 15.1. The second-order valence-electron chi connectivity index (χ2n) is 6.12. The van der Waals surface area contributed by atoms with Crippen molar-refractivity contribution in [3.8, 4) is 11.5 Å². The summed E-state index contributed by atoms with van der Waals surface area (Å²) in [7, 11) is 0. The van der Waals surface area contributed by atoms with Crippen molar-refractivity contribution in [2.45, 2.75) is 0 Å². The summed E-state index contributed by atoms with van der Waals surface area (Å²) in [5.74, 6) is -0.273. The lowest BCUT2D eigenvalue weighted by Gasteiger charge is -2.08. The van der Waals surface area contributed by atoms with Gasteiger partial charge in [0.2, 0.25) is 0 Å². The summed E-state index contributed by atoms with van der Waals surface area (Å²) in [4.78, 5) is 24.3. The third-order valence-electron chi connectivity index (χ3n) is 3.81. The number of hydrazone groups is 1. The van der Waals surface area contributed by atoms with E-state index in [1.165, 1.54) is 6.21 Å². The summed E-state index contributed by atoms with van der Waals surface area (Å²) < 4.78 is 11.6. The van der Waals surface area contributed by atoms with Gasteiger partial charge in [0.15, 0.2) is 6.61 Å². The number of carbonyl (C=O) groups is 2. The van der Waals surface area contributed by atoms with Crippen molar-refractivity contribution in [2.24, 2.45) is 5.10 Å². The Morgan fingerprint density at radius 3 is 2.52 bits per heavy atom. The van der Waals surface area contributed by atoms with Gasteiger partial charge in [0.05, 0.1) is 11.8 Å². The summed E-state index contributed by atoms with van der Waals surface area (Å²) in [5, 5.41) is 4.93. The molecule has 0 unspecified atom stereocenters. The molecule has 3 aromatic rings. The highest BCUT2D eigenvalue weighted by Crippen LogP contribution is 2.23. The van der Waals surface area contributed by atoms with E-state index >= 15 is 0 Å². The molecule has 1 N–H and O–H groups in total. The van der Waals surface area contributed by atoms with Gasteiger partial charge in [-0.3, -0.25) is 4.79 Å². The molecule has 31 heavy (non-hydrogen) atoms. The largest absolute Gasteiger partial charge is 0.484 e. The van der Waals surface area contributed by atoms with Gasteiger partial charge in [-0.05, 0) is 60.7 Å². The standard InChI is InChI=1S/C22H15BrCl2N2O4/c23-16-6-9-20(31-22(29)14-4-7-17(24)8-5-14)15(10-16)12-26-27-21(28)13-30-19-3-1-2-18(25)11-19/h1-12H,13H2,(H,27,28)/b26-12-. The average molecular weight is 522 g/mol. The molecule has 0 aromatic heterocycles. The lowest BCUT2D eigenvalue weighted by Crippen LogP contribution is -2.24. The third-order valence-corrected chi connectivity index (χ3v) is 4.79. The molecular formula is C22H15BrCl2N2O4. The Bertz CT molecular complexity index is 1120. The summed E-state index contributed by atoms with van der Waals surface area (Å²) in [6.45, 7) is -0.241. The number of esters is 1. The lowest BCUT2D eigenvalue weighted by molar-refractivity contribution is -0.123. The van der Waals surface area contributed by atoms with Crippen LogP contribution in [0.3, 0.4) is 0 Å². The molecule has 0 radical (unpaired) electrons. The van der Waals surface area contributed by atoms with E-state index in [9.17, 15) is 9.59 Å². The Morgan fingerprint density at radius 2 is 1.77 bits per heavy atom. The highest BCUT2D eigenvalue weighted by Gasteiger charge is 2.12. The van der Waals surface area contributed by atoms with Crippen LogP contribution in [0.25, 0.3) is 0 Å². The van der Waals surface area contributed by atoms with Crippen molar-refractivity contribution in [1.29, 1.82) is 0 Å². The number of benzene rings is 3. The number of ether oxygens (including phenoxy) is 2. The predicted molar refractivity (Wildman–Crippen MR) is 123 cm³/mol. The van der Waals surface area contributed by atoms with Gasteiger partial charge in [-0.15, -0.1) is 0 Å². The Labute approximate surface area is 196 Å². The monoisotopic (exact) mass is 520 g/mol. The highest BCUT2D eigenvalue weighted by atomic mass is 79.9. The van der Waals surface area contributed by atoms with Crippen LogP contribution < -0.4 is 14.9 Å². The minimum Gasteiger partial charge on any atom is -0.484 e. The summed E-state index contributed by atoms with van der Waals surface area (Å²) in [6.07, 6.45) is 1.37. The number of hydrogen-bond donors (Lipinski definition) is 1. The van der Waals surface area contributed by atoms with Crippen LogP contribution in [-0.4, -0.2) is 24.7 Å². The maximum atomic E-state index is 12.4. The zero-order valence-electron chi connectivity index (χ0n) is 15.8. The lowest BCUT2D eigenvalue weighted by atomic mass is 10.2. The number of amides is 1. The molecule has 0 aliphatic rings. The fourth-order valence-corrected chi connectivity index (χ4v) is 3.05. The van der Waals surface area contributed by atoms with Crippen LogP contribution in [-0.2, 0) is 4.79 Å². The van der Waals surface area contributed by atoms with Gasteiger partial charge in [0.1, 0.15) is 11.5 Å². The van der Waals surface area contributed by atoms with Gasteiger partial charge in [0.25, 0.3) is 5.91 Å². The van der Waals surface area contributed by atoms with Gasteiger partial charge in [-0.2, -0.15) is 5.10 Å². The molecule has 0 aliphatic heterocycles. The van der Waals surface area contributed by atoms with Crippen molar-refractivity contribution >= 4 is 57.2 Å². The molecule has 158 valence electrons. The van der Waals surface area contributed by atoms with E-state index in [2.05, 4.69) is 26.5 Å². The van der Waals surface area contributed by atoms with E-state index < -0.39 is 11.9 Å². The van der Waals surface area contributed by atoms with E-state index in [4.69, 9.17) is 32.7 Å². The van der Waals surface area contributed by atoms with Crippen molar-refractivity contribution in [1.82, 2.24) is 5.43 Å². The Kier molecular flexibility index (Phi) is 8.06. The first-order chi connectivity index (χ1) is 14.9. The third kappa shape index (κ3) is 7.10. The highest BCUT2D eigenvalue weighted by molar-refractivity contribution is 9.10. The van der Waals surface area contributed by atoms with Crippen LogP contribution in [0, 0.1) is 0 Å². The smallest absolute Gasteiger partial charge is 0.343 e. The molecule has 3 aromatic carbocycles. The molecule has 0 atom stereocenters. The molecule has 1 amide bonds. The van der Waals surface area contributed by atoms with Crippen LogP contribution in [0.2, 0.25) is 10.0 Å². The molecule has 6 nitrogen and oxygen atoms in total. The number of halogens is 3. The molecule has 0 aliphatic carbocycles. The summed E-state index contributed by atoms with van der Waals surface area (Å²) in [5.41, 5.74) is 3.18. The van der Waals surface area contributed by atoms with Crippen LogP contribution >= 0.6 is 39.1 Å². The zero-order chi connectivity index (χ0) is 22.2. The second kappa shape index (κ2) is 10.9. The minimum atomic E-state index is -0.549. The molecule has 0 saturated carbocycles. The number of carbonyl (C=O) groups excluding carboxylic acids is 2. The van der Waals surface area contributed by atoms with E-state index in [0.29, 0.717) is 26.9 Å². The van der Waals surface area contributed by atoms with E-state index in [0.717, 1.165) is 4.47 Å². The van der Waals surface area contributed by atoms with Gasteiger partial charge in [-0.1, -0.05) is 45.2 Å². The maximum Gasteiger partial charge on any atom is 0.343 e. The Morgan fingerprint density at radius 1 is 1.00 bits per heavy atom. The molecule has 0 heterocycles. The number of nitrogens with zero attached hydrogens (tertiary/aromatic N) is 1. The Balaban J connectivity index is 1.61.